The second kappa shape index (κ2) is 9.40. The summed E-state index contributed by atoms with van der Waals surface area (Å²) in [5.74, 6) is 1.06. The molecule has 0 unspecified atom stereocenters. The van der Waals surface area contributed by atoms with Gasteiger partial charge in [-0.1, -0.05) is 25.0 Å². The van der Waals surface area contributed by atoms with E-state index >= 15 is 0 Å². The largest absolute Gasteiger partial charge is 0.355 e. The van der Waals surface area contributed by atoms with Crippen molar-refractivity contribution in [1.82, 2.24) is 20.4 Å². The Morgan fingerprint density at radius 1 is 1.27 bits per heavy atom. The van der Waals surface area contributed by atoms with Crippen molar-refractivity contribution in [3.05, 3.63) is 12.2 Å². The van der Waals surface area contributed by atoms with Gasteiger partial charge in [0.1, 0.15) is 0 Å². The van der Waals surface area contributed by atoms with E-state index in [1.165, 1.54) is 5.57 Å². The minimum absolute atomic E-state index is 0.242. The second-order valence-electron chi connectivity index (χ2n) is 8.26. The van der Waals surface area contributed by atoms with Crippen molar-refractivity contribution in [2.45, 2.75) is 51.5 Å². The van der Waals surface area contributed by atoms with Crippen LogP contribution in [0.4, 0.5) is 0 Å². The first kappa shape index (κ1) is 20.7. The van der Waals surface area contributed by atoms with E-state index in [4.69, 9.17) is 0 Å². The van der Waals surface area contributed by atoms with Crippen molar-refractivity contribution < 1.29 is 4.79 Å². The monoisotopic (exact) mass is 363 g/mol. The number of nitrogens with zero attached hydrogens (tertiary/aromatic N) is 3. The van der Waals surface area contributed by atoms with E-state index in [2.05, 4.69) is 34.0 Å². The highest BCUT2D eigenvalue weighted by molar-refractivity contribution is 5.85. The van der Waals surface area contributed by atoms with Gasteiger partial charge in [-0.15, -0.1) is 0 Å². The van der Waals surface area contributed by atoms with Crippen LogP contribution < -0.4 is 10.6 Å². The normalized spacial score (nSPS) is 21.5. The van der Waals surface area contributed by atoms with Crippen LogP contribution in [0.1, 0.15) is 45.4 Å². The first-order valence-electron chi connectivity index (χ1n) is 9.92. The van der Waals surface area contributed by atoms with Crippen LogP contribution in [0.2, 0.25) is 0 Å². The van der Waals surface area contributed by atoms with Crippen LogP contribution in [0.15, 0.2) is 17.1 Å². The van der Waals surface area contributed by atoms with Gasteiger partial charge in [-0.25, -0.2) is 0 Å². The topological polar surface area (TPSA) is 60.0 Å². The molecule has 6 heteroatoms. The van der Waals surface area contributed by atoms with E-state index in [9.17, 15) is 4.79 Å². The molecule has 0 radical (unpaired) electrons. The van der Waals surface area contributed by atoms with Crippen molar-refractivity contribution in [3.63, 3.8) is 0 Å². The molecular formula is C20H37N5O. The lowest BCUT2D eigenvalue weighted by molar-refractivity contribution is -0.138. The van der Waals surface area contributed by atoms with Crippen LogP contribution in [0, 0.1) is 5.41 Å². The third kappa shape index (κ3) is 5.47. The van der Waals surface area contributed by atoms with Crippen molar-refractivity contribution in [3.8, 4) is 0 Å². The Morgan fingerprint density at radius 2 is 1.88 bits per heavy atom. The predicted molar refractivity (Wildman–Crippen MR) is 108 cm³/mol. The first-order chi connectivity index (χ1) is 12.4. The maximum Gasteiger partial charge on any atom is 0.230 e. The fourth-order valence-corrected chi connectivity index (χ4v) is 4.25. The molecule has 0 bridgehead atoms. The van der Waals surface area contributed by atoms with E-state index in [1.807, 2.05) is 14.1 Å². The molecule has 0 aromatic rings. The van der Waals surface area contributed by atoms with Crippen molar-refractivity contribution >= 4 is 11.9 Å². The van der Waals surface area contributed by atoms with E-state index in [0.717, 1.165) is 64.1 Å². The quantitative estimate of drug-likeness (QED) is 0.429. The van der Waals surface area contributed by atoms with Gasteiger partial charge in [0.25, 0.3) is 0 Å². The summed E-state index contributed by atoms with van der Waals surface area (Å²) >= 11 is 0. The molecule has 0 spiro atoms. The van der Waals surface area contributed by atoms with Crippen molar-refractivity contribution in [2.24, 2.45) is 10.4 Å². The van der Waals surface area contributed by atoms with Gasteiger partial charge in [0.15, 0.2) is 5.96 Å². The number of amides is 1. The maximum absolute atomic E-state index is 12.7. The second-order valence-corrected chi connectivity index (χ2v) is 8.26. The van der Waals surface area contributed by atoms with E-state index < -0.39 is 0 Å². The molecule has 6 nitrogen and oxygen atoms in total. The third-order valence-corrected chi connectivity index (χ3v) is 5.66. The summed E-state index contributed by atoms with van der Waals surface area (Å²) in [7, 11) is 5.52. The van der Waals surface area contributed by atoms with Crippen LogP contribution in [-0.2, 0) is 4.79 Å². The highest BCUT2D eigenvalue weighted by atomic mass is 16.2. The SMILES string of the molecule is C=C(C)CN1CCC(NC(=NC)NCC2(C(=O)N(C)C)CCCC2)CC1. The van der Waals surface area contributed by atoms with Gasteiger partial charge >= 0.3 is 0 Å². The standard InChI is InChI=1S/C20H37N5O/c1-16(2)14-25-12-8-17(9-13-25)23-19(21-3)22-15-20(10-6-7-11-20)18(26)24(4)5/h17H,1,6-15H2,2-5H3,(H2,21,22,23). The van der Waals surface area contributed by atoms with Crippen molar-refractivity contribution in [2.75, 3.05) is 47.3 Å². The van der Waals surface area contributed by atoms with Crippen LogP contribution in [0.5, 0.6) is 0 Å². The Bertz CT molecular complexity index is 514. The zero-order valence-corrected chi connectivity index (χ0v) is 17.1. The molecule has 1 amide bonds. The Labute approximate surface area is 159 Å². The maximum atomic E-state index is 12.7. The molecular weight excluding hydrogens is 326 g/mol. The van der Waals surface area contributed by atoms with Crippen LogP contribution in [-0.4, -0.2) is 75.0 Å². The molecule has 0 aromatic carbocycles. The van der Waals surface area contributed by atoms with Crippen LogP contribution in [0.25, 0.3) is 0 Å². The molecule has 1 aliphatic carbocycles. The minimum Gasteiger partial charge on any atom is -0.355 e. The van der Waals surface area contributed by atoms with E-state index in [-0.39, 0.29) is 11.3 Å². The highest BCUT2D eigenvalue weighted by Gasteiger charge is 2.42. The number of nitrogens with one attached hydrogen (secondary N) is 2. The Kier molecular flexibility index (Phi) is 7.50. The molecule has 1 heterocycles. The van der Waals surface area contributed by atoms with Crippen LogP contribution >= 0.6 is 0 Å². The number of rotatable bonds is 6. The Morgan fingerprint density at radius 3 is 2.38 bits per heavy atom. The zero-order valence-electron chi connectivity index (χ0n) is 17.1. The molecule has 0 aromatic heterocycles. The third-order valence-electron chi connectivity index (χ3n) is 5.66. The fourth-order valence-electron chi connectivity index (χ4n) is 4.25. The summed E-state index contributed by atoms with van der Waals surface area (Å²) in [6.07, 6.45) is 6.41. The number of carbonyl (C=O) groups excluding carboxylic acids is 1. The minimum atomic E-state index is -0.272. The summed E-state index contributed by atoms with van der Waals surface area (Å²) in [5, 5.41) is 7.00. The molecule has 1 aliphatic heterocycles. The van der Waals surface area contributed by atoms with E-state index in [0.29, 0.717) is 12.6 Å². The number of carbonyl (C=O) groups is 1. The predicted octanol–water partition coefficient (Wildman–Crippen LogP) is 1.84. The molecule has 2 rings (SSSR count). The van der Waals surface area contributed by atoms with E-state index in [1.54, 1.807) is 11.9 Å². The molecule has 0 atom stereocenters. The van der Waals surface area contributed by atoms with Gasteiger partial charge in [0.05, 0.1) is 5.41 Å². The summed E-state index contributed by atoms with van der Waals surface area (Å²) in [4.78, 5) is 21.3. The number of aliphatic imine (C=N–C) groups is 1. The van der Waals surface area contributed by atoms with Gasteiger partial charge in [0, 0.05) is 53.4 Å². The highest BCUT2D eigenvalue weighted by Crippen LogP contribution is 2.38. The molecule has 2 aliphatic rings. The van der Waals surface area contributed by atoms with Gasteiger partial charge in [0.2, 0.25) is 5.91 Å². The molecule has 2 N–H and O–H groups in total. The zero-order chi connectivity index (χ0) is 19.2. The smallest absolute Gasteiger partial charge is 0.230 e. The van der Waals surface area contributed by atoms with Gasteiger partial charge in [-0.05, 0) is 32.6 Å². The summed E-state index contributed by atoms with van der Waals surface area (Å²) < 4.78 is 0. The average molecular weight is 364 g/mol. The number of hydrogen-bond acceptors (Lipinski definition) is 3. The number of hydrogen-bond donors (Lipinski definition) is 2. The van der Waals surface area contributed by atoms with Crippen LogP contribution in [0.3, 0.4) is 0 Å². The van der Waals surface area contributed by atoms with Crippen molar-refractivity contribution in [1.29, 1.82) is 0 Å². The molecule has 2 fully saturated rings. The van der Waals surface area contributed by atoms with Gasteiger partial charge in [-0.3, -0.25) is 14.7 Å². The lowest BCUT2D eigenvalue weighted by Gasteiger charge is -2.34. The summed E-state index contributed by atoms with van der Waals surface area (Å²) in [6.45, 7) is 9.93. The van der Waals surface area contributed by atoms with Gasteiger partial charge in [-0.2, -0.15) is 0 Å². The molecule has 1 saturated carbocycles. The molecule has 1 saturated heterocycles. The Hall–Kier alpha value is -1.56. The molecule has 148 valence electrons. The lowest BCUT2D eigenvalue weighted by atomic mass is 9.84. The molecule has 26 heavy (non-hydrogen) atoms. The summed E-state index contributed by atoms with van der Waals surface area (Å²) in [6, 6.07) is 0.437. The number of likely N-dealkylation sites (tertiary alicyclic amines) is 1. The first-order valence-corrected chi connectivity index (χ1v) is 9.92. The number of guanidine groups is 1. The number of piperidine rings is 1. The Balaban J connectivity index is 1.84. The summed E-state index contributed by atoms with van der Waals surface area (Å²) in [5.41, 5.74) is 0.952. The average Bonchev–Trinajstić information content (AvgIpc) is 3.09. The fraction of sp³-hybridized carbons (Fsp3) is 0.800. The van der Waals surface area contributed by atoms with Gasteiger partial charge < -0.3 is 15.5 Å². The lowest BCUT2D eigenvalue weighted by Crippen LogP contribution is -2.52.